The molecule has 0 aliphatic heterocycles. The first-order chi connectivity index (χ1) is 6.18. The fourth-order valence-electron chi connectivity index (χ4n) is 2.12. The Bertz CT molecular complexity index is 136. The van der Waals surface area contributed by atoms with Crippen LogP contribution in [0.15, 0.2) is 0 Å². The van der Waals surface area contributed by atoms with E-state index >= 15 is 0 Å². The maximum atomic E-state index is 9.09. The molecule has 1 fully saturated rings. The summed E-state index contributed by atoms with van der Waals surface area (Å²) in [6.45, 7) is 5.16. The maximum absolute atomic E-state index is 9.09. The molecule has 0 aromatic rings. The van der Waals surface area contributed by atoms with Gasteiger partial charge in [-0.15, -0.1) is 0 Å². The van der Waals surface area contributed by atoms with Crippen LogP contribution in [0.4, 0.5) is 0 Å². The van der Waals surface area contributed by atoms with Crippen LogP contribution in [0.25, 0.3) is 0 Å². The topological polar surface area (TPSA) is 32.3 Å². The summed E-state index contributed by atoms with van der Waals surface area (Å²) in [6, 6.07) is 0.711. The van der Waals surface area contributed by atoms with Crippen molar-refractivity contribution < 1.29 is 5.11 Å². The number of hydrogen-bond donors (Lipinski definition) is 2. The van der Waals surface area contributed by atoms with Gasteiger partial charge in [-0.2, -0.15) is 0 Å². The van der Waals surface area contributed by atoms with Crippen molar-refractivity contribution in [3.05, 3.63) is 0 Å². The van der Waals surface area contributed by atoms with Gasteiger partial charge in [-0.3, -0.25) is 0 Å². The molecule has 0 bridgehead atoms. The Morgan fingerprint density at radius 3 is 2.85 bits per heavy atom. The van der Waals surface area contributed by atoms with Crippen LogP contribution >= 0.6 is 0 Å². The molecule has 0 heterocycles. The fraction of sp³-hybridized carbons (Fsp3) is 1.00. The second kappa shape index (κ2) is 5.61. The van der Waals surface area contributed by atoms with Gasteiger partial charge in [0.25, 0.3) is 0 Å². The van der Waals surface area contributed by atoms with Gasteiger partial charge in [-0.05, 0) is 38.6 Å². The van der Waals surface area contributed by atoms with Crippen LogP contribution in [-0.2, 0) is 0 Å². The Morgan fingerprint density at radius 2 is 2.23 bits per heavy atom. The van der Waals surface area contributed by atoms with Crippen LogP contribution in [0.3, 0.4) is 0 Å². The molecule has 2 N–H and O–H groups in total. The van der Waals surface area contributed by atoms with Crippen molar-refractivity contribution in [2.24, 2.45) is 5.92 Å². The zero-order chi connectivity index (χ0) is 9.68. The molecule has 0 radical (unpaired) electrons. The lowest BCUT2D eigenvalue weighted by atomic mass is 9.87. The summed E-state index contributed by atoms with van der Waals surface area (Å²) in [5.41, 5.74) is 0. The predicted molar refractivity (Wildman–Crippen MR) is 55.7 cm³/mol. The van der Waals surface area contributed by atoms with Crippen LogP contribution in [0, 0.1) is 5.92 Å². The summed E-state index contributed by atoms with van der Waals surface area (Å²) in [5.74, 6) is 0.887. The number of nitrogens with one attached hydrogen (secondary N) is 1. The van der Waals surface area contributed by atoms with Gasteiger partial charge in [0.15, 0.2) is 0 Å². The summed E-state index contributed by atoms with van der Waals surface area (Å²) in [7, 11) is 0. The highest BCUT2D eigenvalue weighted by molar-refractivity contribution is 4.75. The lowest BCUT2D eigenvalue weighted by molar-refractivity contribution is 0.179. The van der Waals surface area contributed by atoms with E-state index in [4.69, 9.17) is 5.11 Å². The van der Waals surface area contributed by atoms with E-state index in [1.165, 1.54) is 25.7 Å². The van der Waals surface area contributed by atoms with E-state index in [1.807, 2.05) is 6.92 Å². The van der Waals surface area contributed by atoms with Crippen molar-refractivity contribution in [3.63, 3.8) is 0 Å². The van der Waals surface area contributed by atoms with E-state index in [-0.39, 0.29) is 6.10 Å². The molecule has 0 unspecified atom stereocenters. The van der Waals surface area contributed by atoms with E-state index in [1.54, 1.807) is 0 Å². The lowest BCUT2D eigenvalue weighted by Gasteiger charge is -2.27. The Hall–Kier alpha value is -0.0800. The van der Waals surface area contributed by atoms with E-state index in [0.717, 1.165) is 18.9 Å². The average Bonchev–Trinajstić information content (AvgIpc) is 2.03. The first-order valence-corrected chi connectivity index (χ1v) is 5.60. The molecule has 3 atom stereocenters. The van der Waals surface area contributed by atoms with Gasteiger partial charge in [0.1, 0.15) is 0 Å². The van der Waals surface area contributed by atoms with Crippen molar-refractivity contribution in [3.8, 4) is 0 Å². The molecule has 1 rings (SSSR count). The van der Waals surface area contributed by atoms with Crippen molar-refractivity contribution in [1.82, 2.24) is 5.32 Å². The molecule has 0 saturated heterocycles. The predicted octanol–water partition coefficient (Wildman–Crippen LogP) is 1.93. The Kier molecular flexibility index (Phi) is 4.74. The molecule has 2 heteroatoms. The van der Waals surface area contributed by atoms with Crippen molar-refractivity contribution in [2.75, 3.05) is 6.54 Å². The minimum absolute atomic E-state index is 0.159. The number of aliphatic hydroxyl groups excluding tert-OH is 1. The van der Waals surface area contributed by atoms with E-state index < -0.39 is 0 Å². The van der Waals surface area contributed by atoms with Gasteiger partial charge < -0.3 is 10.4 Å². The summed E-state index contributed by atoms with van der Waals surface area (Å²) in [6.07, 6.45) is 6.13. The first-order valence-electron chi connectivity index (χ1n) is 5.60. The van der Waals surface area contributed by atoms with E-state index in [0.29, 0.717) is 6.04 Å². The monoisotopic (exact) mass is 185 g/mol. The van der Waals surface area contributed by atoms with Gasteiger partial charge in [-0.25, -0.2) is 0 Å². The molecule has 0 aromatic carbocycles. The Morgan fingerprint density at radius 1 is 1.46 bits per heavy atom. The van der Waals surface area contributed by atoms with Gasteiger partial charge in [-0.1, -0.05) is 19.8 Å². The molecule has 0 aromatic heterocycles. The maximum Gasteiger partial charge on any atom is 0.0524 e. The van der Waals surface area contributed by atoms with Crippen molar-refractivity contribution in [1.29, 1.82) is 0 Å². The molecular formula is C11H23NO. The van der Waals surface area contributed by atoms with E-state index in [2.05, 4.69) is 12.2 Å². The quantitative estimate of drug-likeness (QED) is 0.701. The lowest BCUT2D eigenvalue weighted by Crippen LogP contribution is -2.35. The molecule has 1 saturated carbocycles. The molecule has 13 heavy (non-hydrogen) atoms. The summed E-state index contributed by atoms with van der Waals surface area (Å²) in [5, 5.41) is 12.6. The molecule has 1 aliphatic rings. The largest absolute Gasteiger partial charge is 0.393 e. The number of aliphatic hydroxyl groups is 1. The van der Waals surface area contributed by atoms with Crippen LogP contribution in [0.5, 0.6) is 0 Å². The highest BCUT2D eigenvalue weighted by atomic mass is 16.3. The Balaban J connectivity index is 2.06. The minimum atomic E-state index is -0.159. The smallest absolute Gasteiger partial charge is 0.0524 e. The Labute approximate surface area is 81.7 Å². The zero-order valence-corrected chi connectivity index (χ0v) is 8.92. The van der Waals surface area contributed by atoms with Crippen LogP contribution in [-0.4, -0.2) is 23.8 Å². The van der Waals surface area contributed by atoms with E-state index in [9.17, 15) is 0 Å². The minimum Gasteiger partial charge on any atom is -0.393 e. The zero-order valence-electron chi connectivity index (χ0n) is 8.92. The number of hydrogen-bond acceptors (Lipinski definition) is 2. The first kappa shape index (κ1) is 11.0. The third-order valence-corrected chi connectivity index (χ3v) is 2.93. The molecule has 78 valence electrons. The molecule has 0 spiro atoms. The highest BCUT2D eigenvalue weighted by Gasteiger charge is 2.17. The van der Waals surface area contributed by atoms with Crippen molar-refractivity contribution >= 4 is 0 Å². The number of rotatable bonds is 4. The second-order valence-corrected chi connectivity index (χ2v) is 4.56. The fourth-order valence-corrected chi connectivity index (χ4v) is 2.12. The summed E-state index contributed by atoms with van der Waals surface area (Å²) in [4.78, 5) is 0. The normalized spacial score (nSPS) is 31.6. The molecule has 0 amide bonds. The van der Waals surface area contributed by atoms with Gasteiger partial charge in [0, 0.05) is 6.04 Å². The molecule has 2 nitrogen and oxygen atoms in total. The molecule has 1 aliphatic carbocycles. The van der Waals surface area contributed by atoms with Gasteiger partial charge >= 0.3 is 0 Å². The summed E-state index contributed by atoms with van der Waals surface area (Å²) < 4.78 is 0. The standard InChI is InChI=1S/C11H23NO/c1-9-4-3-5-11(8-9)12-7-6-10(2)13/h9-13H,3-8H2,1-2H3/t9-,10-,11+/m1/s1. The van der Waals surface area contributed by atoms with Crippen LogP contribution < -0.4 is 5.32 Å². The van der Waals surface area contributed by atoms with Crippen LogP contribution in [0.1, 0.15) is 46.0 Å². The SMILES string of the molecule is C[C@@H]1CCC[C@H](NCC[C@@H](C)O)C1. The highest BCUT2D eigenvalue weighted by Crippen LogP contribution is 2.23. The summed E-state index contributed by atoms with van der Waals surface area (Å²) >= 11 is 0. The third kappa shape index (κ3) is 4.63. The third-order valence-electron chi connectivity index (χ3n) is 2.93. The molecular weight excluding hydrogens is 162 g/mol. The van der Waals surface area contributed by atoms with Crippen molar-refractivity contribution in [2.45, 2.75) is 58.1 Å². The second-order valence-electron chi connectivity index (χ2n) is 4.56. The van der Waals surface area contributed by atoms with Gasteiger partial charge in [0.2, 0.25) is 0 Å². The van der Waals surface area contributed by atoms with Gasteiger partial charge in [0.05, 0.1) is 6.10 Å². The average molecular weight is 185 g/mol. The van der Waals surface area contributed by atoms with Crippen LogP contribution in [0.2, 0.25) is 0 Å².